The highest BCUT2D eigenvalue weighted by molar-refractivity contribution is 5.75. The normalized spacial score (nSPS) is 16.4. The van der Waals surface area contributed by atoms with Gasteiger partial charge in [-0.15, -0.1) is 0 Å². The molecule has 1 aliphatic rings. The molecule has 4 nitrogen and oxygen atoms in total. The van der Waals surface area contributed by atoms with Crippen LogP contribution in [0.2, 0.25) is 0 Å². The van der Waals surface area contributed by atoms with E-state index >= 15 is 0 Å². The maximum absolute atomic E-state index is 11.9. The summed E-state index contributed by atoms with van der Waals surface area (Å²) >= 11 is 0. The third kappa shape index (κ3) is 7.04. The molecule has 0 radical (unpaired) electrons. The molecule has 23 heavy (non-hydrogen) atoms. The molecule has 0 spiro atoms. The molecule has 1 amide bonds. The first-order valence-corrected chi connectivity index (χ1v) is 8.87. The number of hydrogen-bond acceptors (Lipinski definition) is 3. The van der Waals surface area contributed by atoms with Crippen LogP contribution in [-0.2, 0) is 11.4 Å². The summed E-state index contributed by atoms with van der Waals surface area (Å²) in [5.41, 5.74) is 0.856. The van der Waals surface area contributed by atoms with E-state index < -0.39 is 0 Å². The summed E-state index contributed by atoms with van der Waals surface area (Å²) in [7, 11) is 0. The molecule has 0 atom stereocenters. The molecule has 0 unspecified atom stereocenters. The predicted molar refractivity (Wildman–Crippen MR) is 91.3 cm³/mol. The summed E-state index contributed by atoms with van der Waals surface area (Å²) in [5, 5.41) is 12.0. The SMILES string of the molecule is O=C(CCOc1ccc(CO)cc1)NCC1CCCCCCC1. The number of hydrogen-bond donors (Lipinski definition) is 2. The van der Waals surface area contributed by atoms with Crippen molar-refractivity contribution in [3.63, 3.8) is 0 Å². The summed E-state index contributed by atoms with van der Waals surface area (Å²) in [6.45, 7) is 1.23. The van der Waals surface area contributed by atoms with Gasteiger partial charge in [-0.05, 0) is 36.5 Å². The van der Waals surface area contributed by atoms with Gasteiger partial charge in [0, 0.05) is 6.54 Å². The van der Waals surface area contributed by atoms with Crippen LogP contribution in [0.5, 0.6) is 5.75 Å². The number of carbonyl (C=O) groups excluding carboxylic acids is 1. The number of aliphatic hydroxyl groups is 1. The van der Waals surface area contributed by atoms with Crippen LogP contribution in [0.3, 0.4) is 0 Å². The van der Waals surface area contributed by atoms with E-state index in [1.807, 2.05) is 24.3 Å². The second kappa shape index (κ2) is 10.3. The standard InChI is InChI=1S/C19H29NO3/c21-15-17-8-10-18(11-9-17)23-13-12-19(22)20-14-16-6-4-2-1-3-5-7-16/h8-11,16,21H,1-7,12-15H2,(H,20,22). The van der Waals surface area contributed by atoms with Crippen LogP contribution < -0.4 is 10.1 Å². The quantitative estimate of drug-likeness (QED) is 0.809. The molecule has 2 rings (SSSR count). The van der Waals surface area contributed by atoms with E-state index in [-0.39, 0.29) is 12.5 Å². The zero-order chi connectivity index (χ0) is 16.3. The summed E-state index contributed by atoms with van der Waals surface area (Å²) in [6.07, 6.45) is 9.52. The maximum Gasteiger partial charge on any atom is 0.223 e. The van der Waals surface area contributed by atoms with Crippen molar-refractivity contribution < 1.29 is 14.6 Å². The van der Waals surface area contributed by atoms with E-state index in [0.29, 0.717) is 18.9 Å². The van der Waals surface area contributed by atoms with Gasteiger partial charge in [0.1, 0.15) is 5.75 Å². The van der Waals surface area contributed by atoms with Crippen LogP contribution >= 0.6 is 0 Å². The highest BCUT2D eigenvalue weighted by atomic mass is 16.5. The Balaban J connectivity index is 1.60. The Morgan fingerprint density at radius 1 is 1.09 bits per heavy atom. The van der Waals surface area contributed by atoms with Crippen molar-refractivity contribution in [3.8, 4) is 5.75 Å². The molecule has 0 bridgehead atoms. The molecule has 1 aromatic rings. The van der Waals surface area contributed by atoms with E-state index in [4.69, 9.17) is 9.84 Å². The Hall–Kier alpha value is -1.55. The van der Waals surface area contributed by atoms with Gasteiger partial charge < -0.3 is 15.2 Å². The summed E-state index contributed by atoms with van der Waals surface area (Å²) in [6, 6.07) is 7.28. The number of aliphatic hydroxyl groups excluding tert-OH is 1. The molecule has 0 aliphatic heterocycles. The summed E-state index contributed by atoms with van der Waals surface area (Å²) in [5.74, 6) is 1.44. The van der Waals surface area contributed by atoms with E-state index in [1.54, 1.807) is 0 Å². The Labute approximate surface area is 139 Å². The molecule has 128 valence electrons. The van der Waals surface area contributed by atoms with Gasteiger partial charge in [0.25, 0.3) is 0 Å². The average Bonchev–Trinajstić information content (AvgIpc) is 2.54. The Kier molecular flexibility index (Phi) is 7.95. The van der Waals surface area contributed by atoms with Gasteiger partial charge in [-0.25, -0.2) is 0 Å². The van der Waals surface area contributed by atoms with Crippen molar-refractivity contribution in [2.24, 2.45) is 5.92 Å². The van der Waals surface area contributed by atoms with Crippen molar-refractivity contribution in [2.75, 3.05) is 13.2 Å². The minimum Gasteiger partial charge on any atom is -0.493 e. The number of rotatable bonds is 7. The van der Waals surface area contributed by atoms with E-state index in [0.717, 1.165) is 17.9 Å². The van der Waals surface area contributed by atoms with Crippen LogP contribution in [0.4, 0.5) is 0 Å². The van der Waals surface area contributed by atoms with Crippen molar-refractivity contribution in [1.82, 2.24) is 5.32 Å². The van der Waals surface area contributed by atoms with Crippen LogP contribution in [0.25, 0.3) is 0 Å². The Bertz CT molecular complexity index is 450. The largest absolute Gasteiger partial charge is 0.493 e. The number of ether oxygens (including phenoxy) is 1. The summed E-state index contributed by atoms with van der Waals surface area (Å²) in [4.78, 5) is 11.9. The first-order chi connectivity index (χ1) is 11.3. The van der Waals surface area contributed by atoms with Gasteiger partial charge in [0.15, 0.2) is 0 Å². The summed E-state index contributed by atoms with van der Waals surface area (Å²) < 4.78 is 5.56. The second-order valence-corrected chi connectivity index (χ2v) is 6.42. The molecular formula is C19H29NO3. The molecule has 0 aromatic heterocycles. The monoisotopic (exact) mass is 319 g/mol. The minimum atomic E-state index is 0.0316. The van der Waals surface area contributed by atoms with Gasteiger partial charge in [-0.1, -0.05) is 44.2 Å². The van der Waals surface area contributed by atoms with Crippen LogP contribution in [0.15, 0.2) is 24.3 Å². The highest BCUT2D eigenvalue weighted by Crippen LogP contribution is 2.21. The van der Waals surface area contributed by atoms with Crippen molar-refractivity contribution in [2.45, 2.75) is 58.0 Å². The van der Waals surface area contributed by atoms with Crippen LogP contribution in [0.1, 0.15) is 56.9 Å². The van der Waals surface area contributed by atoms with Crippen LogP contribution in [0, 0.1) is 5.92 Å². The predicted octanol–water partition coefficient (Wildman–Crippen LogP) is 3.42. The third-order valence-electron chi connectivity index (χ3n) is 4.52. The highest BCUT2D eigenvalue weighted by Gasteiger charge is 2.12. The number of carbonyl (C=O) groups is 1. The number of amides is 1. The van der Waals surface area contributed by atoms with E-state index in [2.05, 4.69) is 5.32 Å². The molecule has 1 saturated carbocycles. The van der Waals surface area contributed by atoms with Gasteiger partial charge in [0.05, 0.1) is 19.6 Å². The lowest BCUT2D eigenvalue weighted by Crippen LogP contribution is -2.30. The lowest BCUT2D eigenvalue weighted by Gasteiger charge is -2.20. The molecule has 0 saturated heterocycles. The lowest BCUT2D eigenvalue weighted by molar-refractivity contribution is -0.121. The van der Waals surface area contributed by atoms with E-state index in [9.17, 15) is 4.79 Å². The Morgan fingerprint density at radius 2 is 1.74 bits per heavy atom. The fraction of sp³-hybridized carbons (Fsp3) is 0.632. The molecule has 2 N–H and O–H groups in total. The fourth-order valence-corrected chi connectivity index (χ4v) is 3.04. The number of benzene rings is 1. The smallest absolute Gasteiger partial charge is 0.223 e. The van der Waals surface area contributed by atoms with Gasteiger partial charge in [0.2, 0.25) is 5.91 Å². The van der Waals surface area contributed by atoms with E-state index in [1.165, 1.54) is 44.9 Å². The minimum absolute atomic E-state index is 0.0316. The second-order valence-electron chi connectivity index (χ2n) is 6.42. The van der Waals surface area contributed by atoms with Gasteiger partial charge in [-0.3, -0.25) is 4.79 Å². The lowest BCUT2D eigenvalue weighted by atomic mass is 9.91. The zero-order valence-corrected chi connectivity index (χ0v) is 13.9. The third-order valence-corrected chi connectivity index (χ3v) is 4.52. The fourth-order valence-electron chi connectivity index (χ4n) is 3.04. The van der Waals surface area contributed by atoms with Crippen molar-refractivity contribution in [1.29, 1.82) is 0 Å². The van der Waals surface area contributed by atoms with Crippen LogP contribution in [-0.4, -0.2) is 24.2 Å². The van der Waals surface area contributed by atoms with Crippen molar-refractivity contribution in [3.05, 3.63) is 29.8 Å². The zero-order valence-electron chi connectivity index (χ0n) is 13.9. The average molecular weight is 319 g/mol. The molecule has 4 heteroatoms. The van der Waals surface area contributed by atoms with Crippen molar-refractivity contribution >= 4 is 5.91 Å². The van der Waals surface area contributed by atoms with Gasteiger partial charge >= 0.3 is 0 Å². The first-order valence-electron chi connectivity index (χ1n) is 8.87. The molecule has 0 heterocycles. The molecule has 1 aliphatic carbocycles. The molecular weight excluding hydrogens is 290 g/mol. The topological polar surface area (TPSA) is 58.6 Å². The van der Waals surface area contributed by atoms with Gasteiger partial charge in [-0.2, -0.15) is 0 Å². The first kappa shape index (κ1) is 17.8. The Morgan fingerprint density at radius 3 is 2.39 bits per heavy atom. The molecule has 1 aromatic carbocycles. The molecule has 1 fully saturated rings. The maximum atomic E-state index is 11.9. The number of nitrogens with one attached hydrogen (secondary N) is 1.